The normalized spacial score (nSPS) is 20.1. The van der Waals surface area contributed by atoms with Gasteiger partial charge in [0, 0.05) is 0 Å². The molecular weight excluding hydrogens is 321 g/mol. The van der Waals surface area contributed by atoms with E-state index in [1.54, 1.807) is 0 Å². The molecule has 0 bridgehead atoms. The first kappa shape index (κ1) is 16.6. The first-order valence-electron chi connectivity index (χ1n) is 4.87. The van der Waals surface area contributed by atoms with Crippen molar-refractivity contribution in [2.24, 2.45) is 0 Å². The predicted molar refractivity (Wildman–Crippen MR) is 62.2 cm³/mol. The Kier molecular flexibility index (Phi) is 5.40. The van der Waals surface area contributed by atoms with E-state index in [0.717, 1.165) is 23.5 Å². The zero-order valence-corrected chi connectivity index (χ0v) is 11.5. The quantitative estimate of drug-likeness (QED) is 0.420. The van der Waals surface area contributed by atoms with Crippen LogP contribution < -0.4 is 0 Å². The molecule has 108 valence electrons. The van der Waals surface area contributed by atoms with E-state index in [9.17, 15) is 30.9 Å². The highest BCUT2D eigenvalue weighted by Crippen LogP contribution is 2.69. The third kappa shape index (κ3) is 5.65. The summed E-state index contributed by atoms with van der Waals surface area (Å²) in [6.45, 7) is 0. The van der Waals surface area contributed by atoms with Crippen molar-refractivity contribution < 1.29 is 30.9 Å². The maximum atomic E-state index is 12.3. The molecule has 1 aliphatic rings. The molecule has 1 rings (SSSR count). The molecule has 0 aromatic carbocycles. The van der Waals surface area contributed by atoms with Crippen LogP contribution in [0.4, 0.5) is 26.3 Å². The van der Waals surface area contributed by atoms with E-state index in [4.69, 9.17) is 0 Å². The van der Waals surface area contributed by atoms with E-state index in [2.05, 4.69) is 0 Å². The van der Waals surface area contributed by atoms with Gasteiger partial charge in [-0.3, -0.25) is 0 Å². The first-order chi connectivity index (χ1) is 8.02. The van der Waals surface area contributed by atoms with Gasteiger partial charge < -0.3 is 28.1 Å². The largest absolute Gasteiger partial charge is 0.393 e. The Morgan fingerprint density at radius 2 is 1.33 bits per heavy atom. The van der Waals surface area contributed by atoms with Gasteiger partial charge in [-0.05, 0) is 25.1 Å². The van der Waals surface area contributed by atoms with Crippen molar-refractivity contribution in [2.75, 3.05) is 23.8 Å². The van der Waals surface area contributed by atoms with Crippen LogP contribution in [0.5, 0.6) is 0 Å². The number of hydrogen-bond acceptors (Lipinski definition) is 3. The van der Waals surface area contributed by atoms with Crippen molar-refractivity contribution in [1.29, 1.82) is 0 Å². The number of hydrogen-bond donors (Lipinski definition) is 0. The standard InChI is InChI=1S/C8H10F6OPS2/c9-7(10,11)4-16(15,5-8(12,13)14)6-17-2-1-3-18-6/h1-5H2/q-1. The molecule has 0 N–H and O–H groups in total. The number of halogens is 6. The van der Waals surface area contributed by atoms with Gasteiger partial charge in [0.2, 0.25) is 0 Å². The van der Waals surface area contributed by atoms with Crippen LogP contribution in [0.2, 0.25) is 0 Å². The highest BCUT2D eigenvalue weighted by atomic mass is 32.2. The average Bonchev–Trinajstić information content (AvgIpc) is 2.13. The highest BCUT2D eigenvalue weighted by molar-refractivity contribution is 8.29. The second kappa shape index (κ2) is 5.87. The Morgan fingerprint density at radius 3 is 1.67 bits per heavy atom. The van der Waals surface area contributed by atoms with Gasteiger partial charge in [0.25, 0.3) is 0 Å². The number of alkyl halides is 6. The topological polar surface area (TPSA) is 17.1 Å². The summed E-state index contributed by atoms with van der Waals surface area (Å²) in [5.41, 5.74) is 0. The van der Waals surface area contributed by atoms with Crippen LogP contribution in [0.25, 0.3) is 0 Å². The number of thioether (sulfide) groups is 2. The van der Waals surface area contributed by atoms with Gasteiger partial charge >= 0.3 is 12.4 Å². The molecule has 0 atom stereocenters. The zero-order chi connectivity index (χ0) is 14.0. The van der Waals surface area contributed by atoms with E-state index >= 15 is 0 Å². The summed E-state index contributed by atoms with van der Waals surface area (Å²) in [5.74, 6) is 0.837. The molecule has 18 heavy (non-hydrogen) atoms. The lowest BCUT2D eigenvalue weighted by atomic mass is 10.6. The van der Waals surface area contributed by atoms with Crippen molar-refractivity contribution >= 4 is 30.7 Å². The molecule has 0 aromatic rings. The monoisotopic (exact) mass is 331 g/mol. The lowest BCUT2D eigenvalue weighted by Gasteiger charge is -2.43. The Bertz CT molecular complexity index is 303. The third-order valence-corrected chi connectivity index (χ3v) is 9.30. The maximum absolute atomic E-state index is 12.3. The smallest absolute Gasteiger partial charge is 0.355 e. The van der Waals surface area contributed by atoms with E-state index in [0.29, 0.717) is 17.9 Å². The lowest BCUT2D eigenvalue weighted by molar-refractivity contribution is -0.112. The van der Waals surface area contributed by atoms with Crippen molar-refractivity contribution in [2.45, 2.75) is 18.8 Å². The van der Waals surface area contributed by atoms with Crippen LogP contribution in [0.1, 0.15) is 6.42 Å². The summed E-state index contributed by atoms with van der Waals surface area (Å²) in [6, 6.07) is 0. The fourth-order valence-electron chi connectivity index (χ4n) is 1.42. The van der Waals surface area contributed by atoms with Gasteiger partial charge in [0.05, 0.1) is 12.3 Å². The Hall–Kier alpha value is 0.510. The fourth-order valence-corrected chi connectivity index (χ4v) is 8.09. The van der Waals surface area contributed by atoms with Gasteiger partial charge in [0.15, 0.2) is 0 Å². The van der Waals surface area contributed by atoms with Crippen LogP contribution in [0.15, 0.2) is 0 Å². The van der Waals surface area contributed by atoms with Gasteiger partial charge in [-0.15, -0.1) is 4.32 Å². The van der Waals surface area contributed by atoms with Gasteiger partial charge in [-0.25, -0.2) is 0 Å². The fraction of sp³-hybridized carbons (Fsp3) is 0.875. The zero-order valence-electron chi connectivity index (χ0n) is 8.98. The summed E-state index contributed by atoms with van der Waals surface area (Å²) < 4.78 is 85.8. The summed E-state index contributed by atoms with van der Waals surface area (Å²) in [5, 5.41) is 0. The van der Waals surface area contributed by atoms with Crippen molar-refractivity contribution in [3.8, 4) is 0 Å². The minimum absolute atomic E-state index is 0.177. The molecule has 1 saturated heterocycles. The lowest BCUT2D eigenvalue weighted by Crippen LogP contribution is -2.24. The van der Waals surface area contributed by atoms with Crippen molar-refractivity contribution in [3.63, 3.8) is 0 Å². The molecule has 1 heterocycles. The third-order valence-electron chi connectivity index (χ3n) is 1.94. The maximum Gasteiger partial charge on any atom is 0.393 e. The molecule has 0 unspecified atom stereocenters. The molecule has 1 aliphatic heterocycles. The van der Waals surface area contributed by atoms with E-state index in [1.165, 1.54) is 0 Å². The van der Waals surface area contributed by atoms with Crippen LogP contribution in [-0.4, -0.2) is 36.2 Å². The molecule has 1 fully saturated rings. The molecule has 10 heteroatoms. The minimum Gasteiger partial charge on any atom is -0.355 e. The SMILES string of the molecule is O=P(CC(F)(F)F)(CC(F)(F)F)[C-]1SCCCS1. The molecule has 0 spiro atoms. The highest BCUT2D eigenvalue weighted by Gasteiger charge is 2.44. The minimum atomic E-state index is -4.85. The predicted octanol–water partition coefficient (Wildman–Crippen LogP) is 4.79. The molecule has 0 aromatic heterocycles. The van der Waals surface area contributed by atoms with Crippen LogP contribution in [-0.2, 0) is 4.57 Å². The molecular formula is C8H10F6OPS2-. The summed E-state index contributed by atoms with van der Waals surface area (Å²) in [6.07, 6.45) is -12.8. The second-order valence-electron chi connectivity index (χ2n) is 3.75. The Labute approximate surface area is 109 Å². The molecule has 0 radical (unpaired) electrons. The average molecular weight is 331 g/mol. The van der Waals surface area contributed by atoms with Crippen molar-refractivity contribution in [3.05, 3.63) is 4.32 Å². The van der Waals surface area contributed by atoms with Gasteiger partial charge in [-0.1, -0.05) is 0 Å². The van der Waals surface area contributed by atoms with E-state index in [1.807, 2.05) is 0 Å². The summed E-state index contributed by atoms with van der Waals surface area (Å²) >= 11 is 1.74. The first-order valence-corrected chi connectivity index (χ1v) is 8.91. The van der Waals surface area contributed by atoms with E-state index < -0.39 is 31.8 Å². The molecule has 0 amide bonds. The van der Waals surface area contributed by atoms with Crippen LogP contribution in [0.3, 0.4) is 0 Å². The van der Waals surface area contributed by atoms with E-state index in [-0.39, 0.29) is 4.32 Å². The Balaban J connectivity index is 2.89. The van der Waals surface area contributed by atoms with Gasteiger partial charge in [-0.2, -0.15) is 26.3 Å². The van der Waals surface area contributed by atoms with Gasteiger partial charge in [0.1, 0.15) is 0 Å². The second-order valence-corrected chi connectivity index (χ2v) is 9.68. The van der Waals surface area contributed by atoms with Crippen LogP contribution in [0, 0.1) is 4.32 Å². The molecule has 0 saturated carbocycles. The molecule has 0 aliphatic carbocycles. The summed E-state index contributed by atoms with van der Waals surface area (Å²) in [4.78, 5) is 0. The Morgan fingerprint density at radius 1 is 0.944 bits per heavy atom. The van der Waals surface area contributed by atoms with Crippen LogP contribution >= 0.6 is 30.7 Å². The summed E-state index contributed by atoms with van der Waals surface area (Å²) in [7, 11) is -4.45. The number of rotatable bonds is 3. The molecule has 1 nitrogen and oxygen atoms in total. The van der Waals surface area contributed by atoms with Crippen molar-refractivity contribution in [1.82, 2.24) is 0 Å².